The van der Waals surface area contributed by atoms with Crippen molar-refractivity contribution in [1.29, 1.82) is 0 Å². The van der Waals surface area contributed by atoms with Crippen LogP contribution in [0, 0.1) is 11.8 Å². The van der Waals surface area contributed by atoms with E-state index < -0.39 is 18.0 Å². The van der Waals surface area contributed by atoms with Crippen LogP contribution >= 0.6 is 0 Å². The van der Waals surface area contributed by atoms with Gasteiger partial charge < -0.3 is 20.8 Å². The maximum atomic E-state index is 12.4. The number of nitrogens with one attached hydrogen (secondary N) is 2. The van der Waals surface area contributed by atoms with Gasteiger partial charge in [-0.15, -0.1) is 0 Å². The molecule has 0 aromatic carbocycles. The lowest BCUT2D eigenvalue weighted by molar-refractivity contribution is -0.144. The van der Waals surface area contributed by atoms with Crippen molar-refractivity contribution in [3.63, 3.8) is 0 Å². The molecule has 1 fully saturated rings. The van der Waals surface area contributed by atoms with Crippen molar-refractivity contribution in [3.8, 4) is 0 Å². The Morgan fingerprint density at radius 3 is 1.48 bits per heavy atom. The molecule has 0 bridgehead atoms. The summed E-state index contributed by atoms with van der Waals surface area (Å²) in [4.78, 5) is 57.7. The van der Waals surface area contributed by atoms with Crippen LogP contribution in [0.5, 0.6) is 0 Å². The number of hydrogen-bond acceptors (Lipinski definition) is 5. The first-order valence-corrected chi connectivity index (χ1v) is 16.7. The van der Waals surface area contributed by atoms with Gasteiger partial charge in [0, 0.05) is 31.7 Å². The van der Waals surface area contributed by atoms with Gasteiger partial charge in [-0.25, -0.2) is 4.79 Å². The Labute approximate surface area is 253 Å². The average Bonchev–Trinajstić information content (AvgIpc) is 2.94. The maximum absolute atomic E-state index is 12.4. The van der Waals surface area contributed by atoms with E-state index in [4.69, 9.17) is 5.11 Å². The Bertz CT molecular complexity index is 793. The van der Waals surface area contributed by atoms with Gasteiger partial charge in [0.1, 0.15) is 11.8 Å². The fourth-order valence-electron chi connectivity index (χ4n) is 5.79. The van der Waals surface area contributed by atoms with Crippen molar-refractivity contribution in [2.24, 2.45) is 11.8 Å². The molecule has 1 rings (SSSR count). The summed E-state index contributed by atoms with van der Waals surface area (Å²) in [6.07, 6.45) is 22.7. The van der Waals surface area contributed by atoms with Crippen molar-refractivity contribution >= 4 is 29.5 Å². The molecule has 0 spiro atoms. The van der Waals surface area contributed by atoms with Crippen LogP contribution in [0.2, 0.25) is 0 Å². The molecule has 1 atom stereocenters. The average molecular weight is 595 g/mol. The zero-order valence-electron chi connectivity index (χ0n) is 26.1. The topological polar surface area (TPSA) is 150 Å². The lowest BCUT2D eigenvalue weighted by Crippen LogP contribution is -2.45. The van der Waals surface area contributed by atoms with Crippen LogP contribution < -0.4 is 10.6 Å². The Balaban J connectivity index is 1.91. The molecule has 42 heavy (non-hydrogen) atoms. The minimum Gasteiger partial charge on any atom is -0.481 e. The largest absolute Gasteiger partial charge is 0.481 e. The van der Waals surface area contributed by atoms with Gasteiger partial charge in [-0.1, -0.05) is 89.9 Å². The fourth-order valence-corrected chi connectivity index (χ4v) is 5.79. The van der Waals surface area contributed by atoms with E-state index in [0.717, 1.165) is 44.9 Å². The molecule has 9 heteroatoms. The first-order chi connectivity index (χ1) is 20.2. The first-order valence-electron chi connectivity index (χ1n) is 16.7. The third-order valence-corrected chi connectivity index (χ3v) is 8.46. The Morgan fingerprint density at radius 1 is 0.643 bits per heavy atom. The summed E-state index contributed by atoms with van der Waals surface area (Å²) < 4.78 is 0. The number of carboxylic acids is 2. The number of aliphatic carboxylic acids is 2. The van der Waals surface area contributed by atoms with Crippen molar-refractivity contribution in [3.05, 3.63) is 0 Å². The number of hydrogen-bond donors (Lipinski definition) is 4. The van der Waals surface area contributed by atoms with E-state index in [1.165, 1.54) is 77.6 Å². The number of carboxylic acid groups (broad SMARTS) is 2. The predicted octanol–water partition coefficient (Wildman–Crippen LogP) is 6.56. The monoisotopic (exact) mass is 594 g/mol. The molecule has 0 saturated heterocycles. The van der Waals surface area contributed by atoms with Gasteiger partial charge in [0.15, 0.2) is 0 Å². The summed E-state index contributed by atoms with van der Waals surface area (Å²) in [7, 11) is 0. The second kappa shape index (κ2) is 24.0. The number of carbonyl (C=O) groups is 5. The van der Waals surface area contributed by atoms with Crippen LogP contribution in [0.3, 0.4) is 0 Å². The summed E-state index contributed by atoms with van der Waals surface area (Å²) >= 11 is 0. The molecule has 0 aromatic rings. The fraction of sp³-hybridized carbons (Fsp3) is 0.848. The minimum atomic E-state index is -1.19. The molecule has 1 aliphatic rings. The van der Waals surface area contributed by atoms with Gasteiger partial charge >= 0.3 is 11.9 Å². The third kappa shape index (κ3) is 20.4. The highest BCUT2D eigenvalue weighted by molar-refractivity contribution is 5.89. The number of amides is 2. The lowest BCUT2D eigenvalue weighted by atomic mass is 9.81. The third-order valence-electron chi connectivity index (χ3n) is 8.46. The van der Waals surface area contributed by atoms with Gasteiger partial charge in [0.25, 0.3) is 0 Å². The molecule has 0 unspecified atom stereocenters. The van der Waals surface area contributed by atoms with E-state index in [1.807, 2.05) is 0 Å². The molecule has 4 N–H and O–H groups in total. The van der Waals surface area contributed by atoms with E-state index in [-0.39, 0.29) is 29.9 Å². The van der Waals surface area contributed by atoms with Crippen molar-refractivity contribution in [2.75, 3.05) is 6.54 Å². The zero-order valence-corrected chi connectivity index (χ0v) is 26.1. The molecule has 0 heterocycles. The second-order valence-corrected chi connectivity index (χ2v) is 12.4. The summed E-state index contributed by atoms with van der Waals surface area (Å²) in [5, 5.41) is 23.4. The quantitative estimate of drug-likeness (QED) is 0.0828. The molecule has 0 aromatic heterocycles. The summed E-state index contributed by atoms with van der Waals surface area (Å²) in [5.74, 6) is -2.24. The smallest absolute Gasteiger partial charge is 0.326 e. The van der Waals surface area contributed by atoms with Gasteiger partial charge in [0.05, 0.1) is 0 Å². The summed E-state index contributed by atoms with van der Waals surface area (Å²) in [6, 6.07) is -1.17. The van der Waals surface area contributed by atoms with Crippen LogP contribution in [0.4, 0.5) is 0 Å². The highest BCUT2D eigenvalue weighted by Crippen LogP contribution is 2.28. The van der Waals surface area contributed by atoms with E-state index >= 15 is 0 Å². The molecular formula is C33H58N2O7. The van der Waals surface area contributed by atoms with E-state index in [0.29, 0.717) is 38.1 Å². The Kier molecular flexibility index (Phi) is 21.5. The van der Waals surface area contributed by atoms with E-state index in [1.54, 1.807) is 0 Å². The first kappa shape index (κ1) is 37.6. The van der Waals surface area contributed by atoms with Crippen molar-refractivity contribution in [2.45, 2.75) is 161 Å². The number of unbranched alkanes of at least 4 members (excludes halogenated alkanes) is 15. The van der Waals surface area contributed by atoms with Gasteiger partial charge in [-0.05, 0) is 51.4 Å². The minimum absolute atomic E-state index is 0.0987. The molecule has 242 valence electrons. The van der Waals surface area contributed by atoms with Crippen molar-refractivity contribution in [1.82, 2.24) is 10.6 Å². The number of ketones is 1. The molecule has 0 aliphatic heterocycles. The lowest BCUT2D eigenvalue weighted by Gasteiger charge is -2.28. The molecule has 2 amide bonds. The van der Waals surface area contributed by atoms with Crippen LogP contribution in [0.15, 0.2) is 0 Å². The second-order valence-electron chi connectivity index (χ2n) is 12.4. The van der Waals surface area contributed by atoms with E-state index in [2.05, 4.69) is 10.6 Å². The molecule has 1 saturated carbocycles. The molecule has 9 nitrogen and oxygen atoms in total. The molecule has 1 aliphatic carbocycles. The normalized spacial score (nSPS) is 17.4. The maximum Gasteiger partial charge on any atom is 0.326 e. The standard InChI is InChI=1S/C33H58N2O7/c1-26(36)24-29(33(41)42)35-32(40)28-22-20-27(21-23-28)25-34-30(37)18-16-14-12-10-8-6-4-2-3-5-7-9-11-13-15-17-19-31(38)39/h27-29H,2-25H2,1H3,(H,34,37)(H,35,40)(H,38,39)(H,41,42)/t27?,28?,29-/m1/s1. The number of rotatable bonds is 26. The zero-order chi connectivity index (χ0) is 31.0. The molecule has 0 radical (unpaired) electrons. The number of Topliss-reactive ketones (excluding diaryl/α,β-unsaturated/α-hetero) is 1. The van der Waals surface area contributed by atoms with Crippen LogP contribution in [-0.2, 0) is 24.0 Å². The van der Waals surface area contributed by atoms with Crippen LogP contribution in [0.1, 0.15) is 155 Å². The number of carbonyl (C=O) groups excluding carboxylic acids is 3. The Morgan fingerprint density at radius 2 is 1.07 bits per heavy atom. The van der Waals surface area contributed by atoms with Crippen LogP contribution in [0.25, 0.3) is 0 Å². The Hall–Kier alpha value is -2.45. The summed E-state index contributed by atoms with van der Waals surface area (Å²) in [6.45, 7) is 1.94. The van der Waals surface area contributed by atoms with Gasteiger partial charge in [-0.3, -0.25) is 19.2 Å². The SMILES string of the molecule is CC(=O)C[C@@H](NC(=O)C1CCC(CNC(=O)CCCCCCCCCCCCCCCCCCC(=O)O)CC1)C(=O)O. The highest BCUT2D eigenvalue weighted by Gasteiger charge is 2.30. The summed E-state index contributed by atoms with van der Waals surface area (Å²) in [5.41, 5.74) is 0. The van der Waals surface area contributed by atoms with Crippen LogP contribution in [-0.4, -0.2) is 52.3 Å². The van der Waals surface area contributed by atoms with Crippen molar-refractivity contribution < 1.29 is 34.2 Å². The van der Waals surface area contributed by atoms with E-state index in [9.17, 15) is 29.1 Å². The predicted molar refractivity (Wildman–Crippen MR) is 164 cm³/mol. The highest BCUT2D eigenvalue weighted by atomic mass is 16.4. The van der Waals surface area contributed by atoms with Gasteiger partial charge in [0.2, 0.25) is 11.8 Å². The van der Waals surface area contributed by atoms with Gasteiger partial charge in [-0.2, -0.15) is 0 Å². The molecular weight excluding hydrogens is 536 g/mol.